The molecule has 0 radical (unpaired) electrons. The number of carbonyl (C=O) groups is 1. The van der Waals surface area contributed by atoms with E-state index in [9.17, 15) is 18.3 Å². The molecule has 2 aromatic rings. The van der Waals surface area contributed by atoms with Gasteiger partial charge in [-0.25, -0.2) is 8.42 Å². The number of sulfonamides is 1. The molecule has 1 aliphatic heterocycles. The molecule has 0 spiro atoms. The van der Waals surface area contributed by atoms with E-state index in [1.54, 1.807) is 6.07 Å². The molecule has 1 saturated heterocycles. The van der Waals surface area contributed by atoms with Crippen molar-refractivity contribution in [2.75, 3.05) is 31.6 Å². The van der Waals surface area contributed by atoms with Crippen molar-refractivity contribution in [2.45, 2.75) is 4.90 Å². The number of halogens is 2. The van der Waals surface area contributed by atoms with Gasteiger partial charge in [0.05, 0.1) is 34.4 Å². The second kappa shape index (κ2) is 8.04. The Morgan fingerprint density at radius 2 is 1.81 bits per heavy atom. The summed E-state index contributed by atoms with van der Waals surface area (Å²) < 4.78 is 31.9. The van der Waals surface area contributed by atoms with Crippen LogP contribution in [-0.2, 0) is 14.8 Å². The van der Waals surface area contributed by atoms with Gasteiger partial charge in [0.2, 0.25) is 10.0 Å². The molecule has 0 saturated carbocycles. The van der Waals surface area contributed by atoms with Gasteiger partial charge in [0.15, 0.2) is 0 Å². The maximum Gasteiger partial charge on any atom is 0.259 e. The number of nitrogens with zero attached hydrogens (tertiary/aromatic N) is 1. The Morgan fingerprint density at radius 1 is 1.11 bits per heavy atom. The zero-order chi connectivity index (χ0) is 19.6. The largest absolute Gasteiger partial charge is 0.507 e. The van der Waals surface area contributed by atoms with Crippen LogP contribution in [0.4, 0.5) is 5.69 Å². The molecule has 2 aromatic carbocycles. The molecule has 0 bridgehead atoms. The van der Waals surface area contributed by atoms with Crippen molar-refractivity contribution in [1.29, 1.82) is 0 Å². The van der Waals surface area contributed by atoms with E-state index < -0.39 is 15.9 Å². The third kappa shape index (κ3) is 4.36. The molecule has 0 unspecified atom stereocenters. The van der Waals surface area contributed by atoms with Gasteiger partial charge in [0, 0.05) is 18.1 Å². The fraction of sp³-hybridized carbons (Fsp3) is 0.235. The van der Waals surface area contributed by atoms with Gasteiger partial charge in [-0.05, 0) is 36.4 Å². The highest BCUT2D eigenvalue weighted by Gasteiger charge is 2.28. The molecule has 0 atom stereocenters. The fourth-order valence-electron chi connectivity index (χ4n) is 2.57. The lowest BCUT2D eigenvalue weighted by Gasteiger charge is -2.26. The maximum absolute atomic E-state index is 12.7. The second-order valence-corrected chi connectivity index (χ2v) is 8.56. The first kappa shape index (κ1) is 19.9. The summed E-state index contributed by atoms with van der Waals surface area (Å²) in [6, 6.07) is 8.07. The van der Waals surface area contributed by atoms with Gasteiger partial charge in [0.1, 0.15) is 5.75 Å². The van der Waals surface area contributed by atoms with Crippen molar-refractivity contribution in [3.8, 4) is 5.75 Å². The predicted molar refractivity (Wildman–Crippen MR) is 102 cm³/mol. The smallest absolute Gasteiger partial charge is 0.259 e. The molecule has 0 aliphatic carbocycles. The number of ether oxygens (including phenoxy) is 1. The molecule has 144 valence electrons. The van der Waals surface area contributed by atoms with Crippen molar-refractivity contribution in [2.24, 2.45) is 0 Å². The zero-order valence-corrected chi connectivity index (χ0v) is 16.3. The fourth-order valence-corrected chi connectivity index (χ4v) is 4.46. The third-order valence-corrected chi connectivity index (χ3v) is 6.44. The maximum atomic E-state index is 12.7. The van der Waals surface area contributed by atoms with Gasteiger partial charge in [-0.3, -0.25) is 4.79 Å². The Hall–Kier alpha value is -1.84. The minimum absolute atomic E-state index is 0.0884. The molecular weight excluding hydrogens is 415 g/mol. The first-order chi connectivity index (χ1) is 12.8. The van der Waals surface area contributed by atoms with E-state index in [0.717, 1.165) is 6.07 Å². The molecule has 2 N–H and O–H groups in total. The standard InChI is InChI=1S/C17H16Cl2N2O5S/c18-11-1-3-15(14(19)9-11)20-17(23)13-10-12(2-4-16(13)22)27(24,25)21-5-7-26-8-6-21/h1-4,9-10,22H,5-8H2,(H,20,23). The summed E-state index contributed by atoms with van der Waals surface area (Å²) in [5.74, 6) is -1.05. The number of rotatable bonds is 4. The molecule has 10 heteroatoms. The van der Waals surface area contributed by atoms with Crippen LogP contribution in [0.15, 0.2) is 41.3 Å². The number of morpholine rings is 1. The van der Waals surface area contributed by atoms with Crippen molar-refractivity contribution in [3.05, 3.63) is 52.0 Å². The quantitative estimate of drug-likeness (QED) is 0.776. The normalized spacial score (nSPS) is 15.5. The number of hydrogen-bond donors (Lipinski definition) is 2. The number of amides is 1. The molecular formula is C17H16Cl2N2O5S. The first-order valence-electron chi connectivity index (χ1n) is 7.96. The van der Waals surface area contributed by atoms with E-state index in [4.69, 9.17) is 27.9 Å². The molecule has 1 aliphatic rings. The van der Waals surface area contributed by atoms with Crippen LogP contribution in [0.2, 0.25) is 10.0 Å². The number of anilines is 1. The van der Waals surface area contributed by atoms with Gasteiger partial charge >= 0.3 is 0 Å². The number of benzene rings is 2. The Labute approximate surface area is 166 Å². The summed E-state index contributed by atoms with van der Waals surface area (Å²) in [5, 5.41) is 13.2. The van der Waals surface area contributed by atoms with Crippen LogP contribution in [0.25, 0.3) is 0 Å². The number of phenols is 1. The topological polar surface area (TPSA) is 95.9 Å². The van der Waals surface area contributed by atoms with Gasteiger partial charge in [-0.2, -0.15) is 4.31 Å². The summed E-state index contributed by atoms with van der Waals surface area (Å²) in [5.41, 5.74) is 0.0993. The van der Waals surface area contributed by atoms with E-state index in [0.29, 0.717) is 18.2 Å². The van der Waals surface area contributed by atoms with E-state index in [2.05, 4.69) is 5.32 Å². The SMILES string of the molecule is O=C(Nc1ccc(Cl)cc1Cl)c1cc(S(=O)(=O)N2CCOCC2)ccc1O. The van der Waals surface area contributed by atoms with E-state index in [1.807, 2.05) is 0 Å². The van der Waals surface area contributed by atoms with E-state index in [-0.39, 0.29) is 40.0 Å². The van der Waals surface area contributed by atoms with E-state index in [1.165, 1.54) is 28.6 Å². The van der Waals surface area contributed by atoms with Crippen LogP contribution in [0.3, 0.4) is 0 Å². The lowest BCUT2D eigenvalue weighted by molar-refractivity contribution is 0.0730. The Morgan fingerprint density at radius 3 is 2.48 bits per heavy atom. The van der Waals surface area contributed by atoms with Crippen LogP contribution in [0.1, 0.15) is 10.4 Å². The summed E-state index contributed by atoms with van der Waals surface area (Å²) in [4.78, 5) is 12.4. The summed E-state index contributed by atoms with van der Waals surface area (Å²) in [7, 11) is -3.80. The lowest BCUT2D eigenvalue weighted by Crippen LogP contribution is -2.40. The highest BCUT2D eigenvalue weighted by molar-refractivity contribution is 7.89. The van der Waals surface area contributed by atoms with Crippen LogP contribution in [0.5, 0.6) is 5.75 Å². The van der Waals surface area contributed by atoms with Crippen molar-refractivity contribution in [1.82, 2.24) is 4.31 Å². The summed E-state index contributed by atoms with van der Waals surface area (Å²) in [6.45, 7) is 1.07. The van der Waals surface area contributed by atoms with Crippen molar-refractivity contribution in [3.63, 3.8) is 0 Å². The number of hydrogen-bond acceptors (Lipinski definition) is 5. The molecule has 0 aromatic heterocycles. The highest BCUT2D eigenvalue weighted by Crippen LogP contribution is 2.28. The third-order valence-electron chi connectivity index (χ3n) is 4.00. The van der Waals surface area contributed by atoms with Crippen molar-refractivity contribution < 1.29 is 23.1 Å². The lowest BCUT2D eigenvalue weighted by atomic mass is 10.2. The monoisotopic (exact) mass is 430 g/mol. The second-order valence-electron chi connectivity index (χ2n) is 5.77. The minimum atomic E-state index is -3.80. The zero-order valence-electron chi connectivity index (χ0n) is 14.0. The van der Waals surface area contributed by atoms with E-state index >= 15 is 0 Å². The van der Waals surface area contributed by atoms with Gasteiger partial charge < -0.3 is 15.2 Å². The van der Waals surface area contributed by atoms with Gasteiger partial charge in [-0.1, -0.05) is 23.2 Å². The predicted octanol–water partition coefficient (Wildman–Crippen LogP) is 2.97. The van der Waals surface area contributed by atoms with Crippen LogP contribution >= 0.6 is 23.2 Å². The highest BCUT2D eigenvalue weighted by atomic mass is 35.5. The molecule has 1 fully saturated rings. The molecule has 7 nitrogen and oxygen atoms in total. The first-order valence-corrected chi connectivity index (χ1v) is 10.2. The Bertz CT molecular complexity index is 975. The average Bonchev–Trinajstić information content (AvgIpc) is 2.65. The molecule has 27 heavy (non-hydrogen) atoms. The summed E-state index contributed by atoms with van der Waals surface area (Å²) >= 11 is 11.9. The summed E-state index contributed by atoms with van der Waals surface area (Å²) in [6.07, 6.45) is 0. The minimum Gasteiger partial charge on any atom is -0.507 e. The van der Waals surface area contributed by atoms with Crippen LogP contribution in [0, 0.1) is 0 Å². The average molecular weight is 431 g/mol. The number of carbonyl (C=O) groups excluding carboxylic acids is 1. The van der Waals surface area contributed by atoms with Gasteiger partial charge in [-0.15, -0.1) is 0 Å². The Kier molecular flexibility index (Phi) is 5.92. The number of aromatic hydroxyl groups is 1. The van der Waals surface area contributed by atoms with Gasteiger partial charge in [0.25, 0.3) is 5.91 Å². The Balaban J connectivity index is 1.89. The molecule has 1 amide bonds. The van der Waals surface area contributed by atoms with Crippen LogP contribution < -0.4 is 5.32 Å². The van der Waals surface area contributed by atoms with Crippen molar-refractivity contribution >= 4 is 44.8 Å². The van der Waals surface area contributed by atoms with Crippen LogP contribution in [-0.4, -0.2) is 50.0 Å². The molecule has 3 rings (SSSR count). The molecule has 1 heterocycles. The number of phenolic OH excluding ortho intramolecular Hbond substituents is 1. The number of nitrogens with one attached hydrogen (secondary N) is 1.